The quantitative estimate of drug-likeness (QED) is 0.902. The van der Waals surface area contributed by atoms with Crippen LogP contribution in [0.5, 0.6) is 0 Å². The fraction of sp³-hybridized carbons (Fsp3) is 0.250. The maximum absolute atomic E-state index is 5.47. The molecule has 0 fully saturated rings. The average Bonchev–Trinajstić information content (AvgIpc) is 2.61. The molecule has 2 heterocycles. The number of nitrogens with one attached hydrogen (secondary N) is 1. The molecule has 3 nitrogen and oxygen atoms in total. The van der Waals surface area contributed by atoms with Gasteiger partial charge in [-0.05, 0) is 56.5 Å². The molecule has 0 saturated heterocycles. The second-order valence-corrected chi connectivity index (χ2v) is 5.28. The van der Waals surface area contributed by atoms with Crippen LogP contribution in [0.25, 0.3) is 0 Å². The van der Waals surface area contributed by atoms with E-state index in [-0.39, 0.29) is 0 Å². The molecule has 2 aromatic heterocycles. The van der Waals surface area contributed by atoms with Gasteiger partial charge in [0.25, 0.3) is 0 Å². The molecule has 0 amide bonds. The molecule has 17 heavy (non-hydrogen) atoms. The molecule has 0 saturated carbocycles. The topological polar surface area (TPSA) is 38.1 Å². The van der Waals surface area contributed by atoms with Gasteiger partial charge in [0, 0.05) is 12.7 Å². The number of aryl methyl sites for hydroxylation is 1. The highest BCUT2D eigenvalue weighted by Crippen LogP contribution is 2.26. The third-order valence-electron chi connectivity index (χ3n) is 2.41. The van der Waals surface area contributed by atoms with Crippen molar-refractivity contribution in [1.29, 1.82) is 0 Å². The highest BCUT2D eigenvalue weighted by atomic mass is 79.9. The standard InChI is InChI=1S/C12H12Br2N2O/c1-8-3-2-4-16-11(8)7-15-6-9-5-10(13)12(14)17-9/h2-5,15H,6-7H2,1H3. The van der Waals surface area contributed by atoms with E-state index in [1.54, 1.807) is 0 Å². The first-order valence-corrected chi connectivity index (χ1v) is 6.80. The van der Waals surface area contributed by atoms with Crippen molar-refractivity contribution in [3.8, 4) is 0 Å². The molecule has 0 spiro atoms. The van der Waals surface area contributed by atoms with Gasteiger partial charge >= 0.3 is 0 Å². The molecule has 2 aromatic rings. The molecular formula is C12H12Br2N2O. The van der Waals surface area contributed by atoms with Crippen molar-refractivity contribution in [3.63, 3.8) is 0 Å². The maximum Gasteiger partial charge on any atom is 0.183 e. The Balaban J connectivity index is 1.90. The van der Waals surface area contributed by atoms with E-state index in [0.717, 1.165) is 27.1 Å². The predicted molar refractivity (Wildman–Crippen MR) is 73.6 cm³/mol. The fourth-order valence-electron chi connectivity index (χ4n) is 1.49. The van der Waals surface area contributed by atoms with E-state index < -0.39 is 0 Å². The van der Waals surface area contributed by atoms with Crippen molar-refractivity contribution in [2.75, 3.05) is 0 Å². The SMILES string of the molecule is Cc1cccnc1CNCc1cc(Br)c(Br)o1. The summed E-state index contributed by atoms with van der Waals surface area (Å²) >= 11 is 6.69. The molecule has 0 bridgehead atoms. The number of nitrogens with zero attached hydrogens (tertiary/aromatic N) is 1. The van der Waals surface area contributed by atoms with Crippen LogP contribution in [-0.4, -0.2) is 4.98 Å². The molecule has 5 heteroatoms. The number of pyridine rings is 1. The molecule has 0 radical (unpaired) electrons. The van der Waals surface area contributed by atoms with Gasteiger partial charge in [-0.25, -0.2) is 0 Å². The van der Waals surface area contributed by atoms with Gasteiger partial charge in [-0.3, -0.25) is 4.98 Å². The molecule has 0 aromatic carbocycles. The summed E-state index contributed by atoms with van der Waals surface area (Å²) < 4.78 is 7.13. The molecule has 90 valence electrons. The summed E-state index contributed by atoms with van der Waals surface area (Å²) in [7, 11) is 0. The molecule has 2 rings (SSSR count). The van der Waals surface area contributed by atoms with E-state index in [2.05, 4.69) is 55.2 Å². The smallest absolute Gasteiger partial charge is 0.183 e. The third-order valence-corrected chi connectivity index (χ3v) is 4.12. The van der Waals surface area contributed by atoms with Crippen molar-refractivity contribution in [2.45, 2.75) is 20.0 Å². The van der Waals surface area contributed by atoms with Gasteiger partial charge in [-0.2, -0.15) is 0 Å². The number of halogens is 2. The van der Waals surface area contributed by atoms with Gasteiger partial charge in [0.2, 0.25) is 0 Å². The molecule has 0 aliphatic carbocycles. The Bertz CT molecular complexity index is 491. The van der Waals surface area contributed by atoms with Crippen LogP contribution in [0.3, 0.4) is 0 Å². The Morgan fingerprint density at radius 3 is 2.82 bits per heavy atom. The summed E-state index contributed by atoms with van der Waals surface area (Å²) in [6.45, 7) is 3.48. The van der Waals surface area contributed by atoms with Crippen molar-refractivity contribution >= 4 is 31.9 Å². The highest BCUT2D eigenvalue weighted by Gasteiger charge is 2.05. The van der Waals surface area contributed by atoms with E-state index in [4.69, 9.17) is 4.42 Å². The van der Waals surface area contributed by atoms with Crippen LogP contribution in [0.4, 0.5) is 0 Å². The largest absolute Gasteiger partial charge is 0.452 e. The predicted octanol–water partition coefficient (Wildman–Crippen LogP) is 3.80. The summed E-state index contributed by atoms with van der Waals surface area (Å²) in [6.07, 6.45) is 1.81. The van der Waals surface area contributed by atoms with Crippen molar-refractivity contribution in [3.05, 3.63) is 50.6 Å². The first-order valence-electron chi connectivity index (χ1n) is 5.21. The second-order valence-electron chi connectivity index (χ2n) is 3.70. The van der Waals surface area contributed by atoms with Crippen LogP contribution in [-0.2, 0) is 13.1 Å². The summed E-state index contributed by atoms with van der Waals surface area (Å²) in [6, 6.07) is 5.95. The summed E-state index contributed by atoms with van der Waals surface area (Å²) in [5, 5.41) is 3.30. The van der Waals surface area contributed by atoms with E-state index in [0.29, 0.717) is 6.54 Å². The zero-order valence-electron chi connectivity index (χ0n) is 9.34. The average molecular weight is 360 g/mol. The lowest BCUT2D eigenvalue weighted by Crippen LogP contribution is -2.14. The molecule has 0 aliphatic heterocycles. The summed E-state index contributed by atoms with van der Waals surface area (Å²) in [5.41, 5.74) is 2.26. The monoisotopic (exact) mass is 358 g/mol. The number of hydrogen-bond acceptors (Lipinski definition) is 3. The second kappa shape index (κ2) is 5.80. The lowest BCUT2D eigenvalue weighted by molar-refractivity contribution is 0.463. The Morgan fingerprint density at radius 2 is 2.18 bits per heavy atom. The number of rotatable bonds is 4. The number of furan rings is 1. The molecular weight excluding hydrogens is 348 g/mol. The fourth-order valence-corrected chi connectivity index (χ4v) is 2.14. The maximum atomic E-state index is 5.47. The van der Waals surface area contributed by atoms with Crippen LogP contribution in [0, 0.1) is 6.92 Å². The molecule has 0 aliphatic rings. The minimum absolute atomic E-state index is 0.681. The van der Waals surface area contributed by atoms with Gasteiger partial charge < -0.3 is 9.73 Å². The summed E-state index contributed by atoms with van der Waals surface area (Å²) in [4.78, 5) is 4.32. The zero-order chi connectivity index (χ0) is 12.3. The third kappa shape index (κ3) is 3.40. The van der Waals surface area contributed by atoms with E-state index in [1.165, 1.54) is 5.56 Å². The van der Waals surface area contributed by atoms with Crippen molar-refractivity contribution in [1.82, 2.24) is 10.3 Å². The minimum atomic E-state index is 0.681. The van der Waals surface area contributed by atoms with Gasteiger partial charge in [0.15, 0.2) is 4.67 Å². The molecule has 0 unspecified atom stereocenters. The highest BCUT2D eigenvalue weighted by molar-refractivity contribution is 9.13. The van der Waals surface area contributed by atoms with Crippen molar-refractivity contribution < 1.29 is 4.42 Å². The van der Waals surface area contributed by atoms with Gasteiger partial charge in [0.1, 0.15) is 5.76 Å². The van der Waals surface area contributed by atoms with Crippen LogP contribution < -0.4 is 5.32 Å². The number of aromatic nitrogens is 1. The lowest BCUT2D eigenvalue weighted by atomic mass is 10.2. The summed E-state index contributed by atoms with van der Waals surface area (Å²) in [5.74, 6) is 0.886. The van der Waals surface area contributed by atoms with Crippen molar-refractivity contribution in [2.24, 2.45) is 0 Å². The first-order chi connectivity index (χ1) is 8.16. The molecule has 0 atom stereocenters. The van der Waals surface area contributed by atoms with Gasteiger partial charge in [-0.15, -0.1) is 0 Å². The van der Waals surface area contributed by atoms with Crippen LogP contribution in [0.2, 0.25) is 0 Å². The first kappa shape index (κ1) is 12.8. The number of hydrogen-bond donors (Lipinski definition) is 1. The van der Waals surface area contributed by atoms with E-state index in [1.807, 2.05) is 18.3 Å². The Morgan fingerprint density at radius 1 is 1.35 bits per heavy atom. The van der Waals surface area contributed by atoms with E-state index >= 15 is 0 Å². The van der Waals surface area contributed by atoms with Crippen LogP contribution >= 0.6 is 31.9 Å². The van der Waals surface area contributed by atoms with Gasteiger partial charge in [0.05, 0.1) is 16.7 Å². The van der Waals surface area contributed by atoms with E-state index in [9.17, 15) is 0 Å². The minimum Gasteiger partial charge on any atom is -0.452 e. The Kier molecular flexibility index (Phi) is 4.36. The van der Waals surface area contributed by atoms with Gasteiger partial charge in [-0.1, -0.05) is 6.07 Å². The van der Waals surface area contributed by atoms with Crippen LogP contribution in [0.15, 0.2) is 38.0 Å². The Labute approximate surface area is 117 Å². The molecule has 1 N–H and O–H groups in total. The Hall–Kier alpha value is -0.650. The normalized spacial score (nSPS) is 10.8. The lowest BCUT2D eigenvalue weighted by Gasteiger charge is -2.04. The van der Waals surface area contributed by atoms with Crippen LogP contribution in [0.1, 0.15) is 17.0 Å². The zero-order valence-corrected chi connectivity index (χ0v) is 12.5.